The van der Waals surface area contributed by atoms with Crippen LogP contribution in [0.15, 0.2) is 29.8 Å². The van der Waals surface area contributed by atoms with Crippen molar-refractivity contribution in [3.8, 4) is 12.1 Å². The molecule has 18 heavy (non-hydrogen) atoms. The highest BCUT2D eigenvalue weighted by Crippen LogP contribution is 2.57. The van der Waals surface area contributed by atoms with Gasteiger partial charge >= 0.3 is 0 Å². The second-order valence-electron chi connectivity index (χ2n) is 5.81. The predicted octanol–water partition coefficient (Wildman–Crippen LogP) is 3.04. The Morgan fingerprint density at radius 1 is 1.17 bits per heavy atom. The van der Waals surface area contributed by atoms with Crippen molar-refractivity contribution in [1.29, 1.82) is 10.5 Å². The Hall–Kier alpha value is -2.06. The van der Waals surface area contributed by atoms with Crippen molar-refractivity contribution in [1.82, 2.24) is 0 Å². The van der Waals surface area contributed by atoms with E-state index in [0.717, 1.165) is 18.4 Å². The lowest BCUT2D eigenvalue weighted by molar-refractivity contribution is 0.282. The highest BCUT2D eigenvalue weighted by molar-refractivity contribution is 5.64. The number of benzene rings is 1. The molecule has 0 aromatic heterocycles. The molecule has 0 spiro atoms. The van der Waals surface area contributed by atoms with Crippen LogP contribution in [0.3, 0.4) is 0 Å². The summed E-state index contributed by atoms with van der Waals surface area (Å²) in [6.45, 7) is 4.19. The van der Waals surface area contributed by atoms with Gasteiger partial charge < -0.3 is 0 Å². The van der Waals surface area contributed by atoms with Crippen molar-refractivity contribution < 1.29 is 0 Å². The molecule has 2 heteroatoms. The normalized spacial score (nSPS) is 26.8. The van der Waals surface area contributed by atoms with Gasteiger partial charge in [-0.25, -0.2) is 0 Å². The first-order valence-corrected chi connectivity index (χ1v) is 6.20. The molecule has 0 fully saturated rings. The summed E-state index contributed by atoms with van der Waals surface area (Å²) in [6.07, 6.45) is 3.57. The molecule has 88 valence electrons. The summed E-state index contributed by atoms with van der Waals surface area (Å²) in [5.74, 6) is 0. The van der Waals surface area contributed by atoms with Crippen LogP contribution in [0.4, 0.5) is 0 Å². The Labute approximate surface area is 107 Å². The molecule has 0 radical (unpaired) electrons. The van der Waals surface area contributed by atoms with Crippen molar-refractivity contribution in [3.63, 3.8) is 0 Å². The van der Waals surface area contributed by atoms with Crippen molar-refractivity contribution >= 4 is 0 Å². The van der Waals surface area contributed by atoms with Crippen molar-refractivity contribution in [2.75, 3.05) is 0 Å². The highest BCUT2D eigenvalue weighted by Gasteiger charge is 2.57. The second-order valence-corrected chi connectivity index (χ2v) is 5.81. The Bertz CT molecular complexity index is 653. The minimum Gasteiger partial charge on any atom is -0.197 e. The largest absolute Gasteiger partial charge is 0.197 e. The predicted molar refractivity (Wildman–Crippen MR) is 68.6 cm³/mol. The van der Waals surface area contributed by atoms with Gasteiger partial charge in [0, 0.05) is 0 Å². The van der Waals surface area contributed by atoms with Gasteiger partial charge in [0.15, 0.2) is 0 Å². The van der Waals surface area contributed by atoms with Gasteiger partial charge in [-0.2, -0.15) is 10.5 Å². The number of hydrogen-bond donors (Lipinski definition) is 0. The third kappa shape index (κ3) is 1.02. The summed E-state index contributed by atoms with van der Waals surface area (Å²) in [4.78, 5) is 0. The van der Waals surface area contributed by atoms with E-state index in [4.69, 9.17) is 0 Å². The molecule has 0 heterocycles. The molecular weight excluding hydrogens is 220 g/mol. The molecule has 3 rings (SSSR count). The molecule has 0 aliphatic heterocycles. The van der Waals surface area contributed by atoms with Crippen LogP contribution in [-0.2, 0) is 18.3 Å². The maximum absolute atomic E-state index is 9.82. The summed E-state index contributed by atoms with van der Waals surface area (Å²) in [7, 11) is 0. The standard InChI is InChI=1S/C16H14N2/c1-15(2)8-12-5-3-4-11-6-7-13(9-17)16(15,10-18)14(11)12/h3-5,7H,6,8H2,1-2H3/t16-/m1/s1. The molecule has 1 aromatic rings. The Morgan fingerprint density at radius 3 is 2.56 bits per heavy atom. The van der Waals surface area contributed by atoms with E-state index in [0.29, 0.717) is 5.57 Å². The third-order valence-electron chi connectivity index (χ3n) is 4.48. The average Bonchev–Trinajstić information content (AvgIpc) is 2.60. The van der Waals surface area contributed by atoms with Crippen LogP contribution in [0, 0.1) is 28.1 Å². The van der Waals surface area contributed by atoms with Crippen molar-refractivity contribution in [2.45, 2.75) is 32.1 Å². The zero-order valence-corrected chi connectivity index (χ0v) is 10.6. The van der Waals surface area contributed by atoms with Crippen LogP contribution in [0.1, 0.15) is 30.5 Å². The Kier molecular flexibility index (Phi) is 1.99. The van der Waals surface area contributed by atoms with Gasteiger partial charge in [-0.05, 0) is 34.9 Å². The SMILES string of the molecule is CC1(C)Cc2cccc3c2[C@@]1(C#N)C(C#N)=CC3. The first kappa shape index (κ1) is 11.1. The lowest BCUT2D eigenvalue weighted by atomic mass is 9.60. The maximum atomic E-state index is 9.82. The molecular formula is C16H14N2. The fourth-order valence-corrected chi connectivity index (χ4v) is 3.66. The number of rotatable bonds is 0. The highest BCUT2D eigenvalue weighted by atomic mass is 14.6. The van der Waals surface area contributed by atoms with Crippen LogP contribution in [0.25, 0.3) is 0 Å². The second kappa shape index (κ2) is 3.24. The zero-order valence-electron chi connectivity index (χ0n) is 10.6. The van der Waals surface area contributed by atoms with E-state index in [1.165, 1.54) is 11.1 Å². The number of allylic oxidation sites excluding steroid dienone is 2. The van der Waals surface area contributed by atoms with Gasteiger partial charge in [-0.15, -0.1) is 0 Å². The van der Waals surface area contributed by atoms with Crippen molar-refractivity contribution in [3.05, 3.63) is 46.5 Å². The van der Waals surface area contributed by atoms with E-state index < -0.39 is 5.41 Å². The lowest BCUT2D eigenvalue weighted by Gasteiger charge is -2.38. The molecule has 0 bridgehead atoms. The fourth-order valence-electron chi connectivity index (χ4n) is 3.66. The van der Waals surface area contributed by atoms with Crippen LogP contribution >= 0.6 is 0 Å². The van der Waals surface area contributed by atoms with E-state index in [1.54, 1.807) is 0 Å². The molecule has 0 amide bonds. The van der Waals surface area contributed by atoms with E-state index in [9.17, 15) is 10.5 Å². The van der Waals surface area contributed by atoms with E-state index in [1.807, 2.05) is 6.08 Å². The van der Waals surface area contributed by atoms with Gasteiger partial charge in [-0.3, -0.25) is 0 Å². The van der Waals surface area contributed by atoms with Gasteiger partial charge in [0.05, 0.1) is 17.7 Å². The number of nitrogens with zero attached hydrogens (tertiary/aromatic N) is 2. The van der Waals surface area contributed by atoms with Crippen molar-refractivity contribution in [2.24, 2.45) is 5.41 Å². The average molecular weight is 234 g/mol. The van der Waals surface area contributed by atoms with Crippen LogP contribution in [-0.4, -0.2) is 0 Å². The lowest BCUT2D eigenvalue weighted by Crippen LogP contribution is -2.40. The summed E-state index contributed by atoms with van der Waals surface area (Å²) in [5, 5.41) is 19.2. The molecule has 0 N–H and O–H groups in total. The minimum atomic E-state index is -0.744. The molecule has 2 aliphatic carbocycles. The van der Waals surface area contributed by atoms with E-state index >= 15 is 0 Å². The van der Waals surface area contributed by atoms with Gasteiger partial charge in [-0.1, -0.05) is 38.1 Å². The van der Waals surface area contributed by atoms with E-state index in [-0.39, 0.29) is 5.41 Å². The zero-order chi connectivity index (χ0) is 13.0. The summed E-state index contributed by atoms with van der Waals surface area (Å²) in [6, 6.07) is 11.0. The molecule has 0 unspecified atom stereocenters. The molecule has 2 aliphatic rings. The first-order chi connectivity index (χ1) is 8.56. The molecule has 0 saturated carbocycles. The summed E-state index contributed by atoms with van der Waals surface area (Å²) >= 11 is 0. The topological polar surface area (TPSA) is 47.6 Å². The third-order valence-corrected chi connectivity index (χ3v) is 4.48. The van der Waals surface area contributed by atoms with E-state index in [2.05, 4.69) is 44.2 Å². The molecule has 1 atom stereocenters. The van der Waals surface area contributed by atoms with Gasteiger partial charge in [0.1, 0.15) is 5.41 Å². The van der Waals surface area contributed by atoms with Gasteiger partial charge in [0.25, 0.3) is 0 Å². The Balaban J connectivity index is 2.43. The quantitative estimate of drug-likeness (QED) is 0.692. The minimum absolute atomic E-state index is 0.220. The molecule has 2 nitrogen and oxygen atoms in total. The molecule has 0 saturated heterocycles. The van der Waals surface area contributed by atoms with Gasteiger partial charge in [0.2, 0.25) is 0 Å². The number of nitriles is 2. The van der Waals surface area contributed by atoms with Crippen LogP contribution in [0.2, 0.25) is 0 Å². The monoisotopic (exact) mass is 234 g/mol. The summed E-state index contributed by atoms with van der Waals surface area (Å²) < 4.78 is 0. The van der Waals surface area contributed by atoms with Crippen LogP contribution < -0.4 is 0 Å². The molecule has 1 aromatic carbocycles. The van der Waals surface area contributed by atoms with Crippen LogP contribution in [0.5, 0.6) is 0 Å². The Morgan fingerprint density at radius 2 is 1.89 bits per heavy atom. The summed E-state index contributed by atoms with van der Waals surface area (Å²) in [5.41, 5.74) is 3.22. The first-order valence-electron chi connectivity index (χ1n) is 6.20. The maximum Gasteiger partial charge on any atom is 0.122 e. The number of hydrogen-bond acceptors (Lipinski definition) is 2. The smallest absolute Gasteiger partial charge is 0.122 e. The fraction of sp³-hybridized carbons (Fsp3) is 0.375.